The summed E-state index contributed by atoms with van der Waals surface area (Å²) in [6, 6.07) is 10.2. The summed E-state index contributed by atoms with van der Waals surface area (Å²) in [5.74, 6) is -0.108. The Labute approximate surface area is 193 Å². The van der Waals surface area contributed by atoms with E-state index >= 15 is 0 Å². The molecule has 0 heterocycles. The first-order chi connectivity index (χ1) is 15.5. The molecule has 1 aliphatic rings. The third-order valence-electron chi connectivity index (χ3n) is 6.55. The van der Waals surface area contributed by atoms with E-state index in [-0.39, 0.29) is 17.8 Å². The van der Waals surface area contributed by atoms with Crippen molar-refractivity contribution in [2.45, 2.75) is 95.9 Å². The monoisotopic (exact) mass is 446 g/mol. The summed E-state index contributed by atoms with van der Waals surface area (Å²) in [6.07, 6.45) is 10.7. The number of hydrogen-bond donors (Lipinski definition) is 3. The van der Waals surface area contributed by atoms with Crippen LogP contribution in [0.3, 0.4) is 0 Å². The smallest absolute Gasteiger partial charge is 0.305 e. The lowest BCUT2D eigenvalue weighted by Crippen LogP contribution is -2.23. The zero-order valence-corrected chi connectivity index (χ0v) is 19.6. The molecule has 1 aromatic carbocycles. The van der Waals surface area contributed by atoms with Crippen LogP contribution >= 0.6 is 0 Å². The van der Waals surface area contributed by atoms with Crippen molar-refractivity contribution in [2.24, 2.45) is 11.8 Å². The lowest BCUT2D eigenvalue weighted by molar-refractivity contribution is -0.143. The van der Waals surface area contributed by atoms with Crippen molar-refractivity contribution < 1.29 is 24.9 Å². The average molecular weight is 447 g/mol. The first kappa shape index (κ1) is 26.6. The van der Waals surface area contributed by atoms with E-state index in [0.29, 0.717) is 38.7 Å². The fourth-order valence-corrected chi connectivity index (χ4v) is 4.55. The van der Waals surface area contributed by atoms with Gasteiger partial charge in [-0.1, -0.05) is 55.8 Å². The number of aliphatic hydroxyl groups is 3. The average Bonchev–Trinajstić information content (AvgIpc) is 3.06. The lowest BCUT2D eigenvalue weighted by atomic mass is 9.85. The van der Waals surface area contributed by atoms with Crippen LogP contribution < -0.4 is 0 Å². The van der Waals surface area contributed by atoms with Gasteiger partial charge in [-0.05, 0) is 75.2 Å². The van der Waals surface area contributed by atoms with Crippen LogP contribution in [0.25, 0.3) is 0 Å². The van der Waals surface area contributed by atoms with Gasteiger partial charge in [0.2, 0.25) is 0 Å². The number of rotatable bonds is 15. The quantitative estimate of drug-likeness (QED) is 0.209. The molecular formula is C27H42O5. The summed E-state index contributed by atoms with van der Waals surface area (Å²) in [5, 5.41) is 31.2. The molecule has 0 radical (unpaired) electrons. The molecule has 1 aliphatic carbocycles. The van der Waals surface area contributed by atoms with Crippen LogP contribution in [-0.4, -0.2) is 46.2 Å². The molecule has 1 fully saturated rings. The molecule has 1 aromatic rings. The minimum absolute atomic E-state index is 0.00886. The predicted octanol–water partition coefficient (Wildman–Crippen LogP) is 4.58. The van der Waals surface area contributed by atoms with E-state index in [4.69, 9.17) is 4.74 Å². The fraction of sp³-hybridized carbons (Fsp3) is 0.667. The molecule has 2 unspecified atom stereocenters. The molecule has 5 nitrogen and oxygen atoms in total. The first-order valence-electron chi connectivity index (χ1n) is 12.4. The van der Waals surface area contributed by atoms with Gasteiger partial charge in [-0.3, -0.25) is 4.79 Å². The Hall–Kier alpha value is -1.69. The van der Waals surface area contributed by atoms with Gasteiger partial charge in [0.15, 0.2) is 0 Å². The third kappa shape index (κ3) is 9.85. The van der Waals surface area contributed by atoms with E-state index in [1.165, 1.54) is 5.56 Å². The summed E-state index contributed by atoms with van der Waals surface area (Å²) >= 11 is 0. The molecule has 5 atom stereocenters. The van der Waals surface area contributed by atoms with Crippen molar-refractivity contribution in [3.63, 3.8) is 0 Å². The minimum Gasteiger partial charge on any atom is -0.466 e. The van der Waals surface area contributed by atoms with Gasteiger partial charge >= 0.3 is 5.97 Å². The number of esters is 1. The maximum absolute atomic E-state index is 11.6. The lowest BCUT2D eigenvalue weighted by Gasteiger charge is -2.23. The molecule has 5 heteroatoms. The van der Waals surface area contributed by atoms with Gasteiger partial charge in [-0.2, -0.15) is 0 Å². The number of carbonyl (C=O) groups excluding carboxylic acids is 1. The predicted molar refractivity (Wildman–Crippen MR) is 127 cm³/mol. The van der Waals surface area contributed by atoms with Gasteiger partial charge in [0, 0.05) is 6.42 Å². The molecule has 0 bridgehead atoms. The summed E-state index contributed by atoms with van der Waals surface area (Å²) in [7, 11) is 0. The van der Waals surface area contributed by atoms with Crippen molar-refractivity contribution >= 4 is 5.97 Å². The van der Waals surface area contributed by atoms with Gasteiger partial charge in [-0.15, -0.1) is 0 Å². The maximum Gasteiger partial charge on any atom is 0.305 e. The highest BCUT2D eigenvalue weighted by molar-refractivity contribution is 5.69. The normalized spacial score (nSPS) is 24.1. The number of benzene rings is 1. The fourth-order valence-electron chi connectivity index (χ4n) is 4.55. The molecule has 1 saturated carbocycles. The van der Waals surface area contributed by atoms with Gasteiger partial charge in [0.1, 0.15) is 0 Å². The van der Waals surface area contributed by atoms with Gasteiger partial charge in [0.05, 0.1) is 24.9 Å². The Kier molecular flexibility index (Phi) is 12.6. The second kappa shape index (κ2) is 15.2. The van der Waals surface area contributed by atoms with Gasteiger partial charge in [-0.25, -0.2) is 0 Å². The standard InChI is InChI=1S/C27H42O5/c1-2-3-19-32-27(31)14-10-5-4-9-13-23-24(26(30)20-25(23)29)18-17-22(28)16-15-21-11-7-6-8-12-21/h4,6-9,11-12,22-26,28-30H,2-3,5,10,13-20H2,1H3/b9-4-/t22-,23?,24?,25-,26+/m0/s1. The van der Waals surface area contributed by atoms with E-state index < -0.39 is 18.3 Å². The summed E-state index contributed by atoms with van der Waals surface area (Å²) in [6.45, 7) is 2.58. The number of ether oxygens (including phenoxy) is 1. The van der Waals surface area contributed by atoms with Crippen LogP contribution in [0.4, 0.5) is 0 Å². The molecule has 0 aromatic heterocycles. The van der Waals surface area contributed by atoms with Crippen molar-refractivity contribution in [2.75, 3.05) is 6.61 Å². The highest BCUT2D eigenvalue weighted by Gasteiger charge is 2.40. The molecule has 0 spiro atoms. The van der Waals surface area contributed by atoms with E-state index in [1.807, 2.05) is 18.2 Å². The molecule has 0 aliphatic heterocycles. The molecule has 0 saturated heterocycles. The number of allylic oxidation sites excluding steroid dienone is 2. The van der Waals surface area contributed by atoms with Crippen LogP contribution in [0, 0.1) is 11.8 Å². The summed E-state index contributed by atoms with van der Waals surface area (Å²) < 4.78 is 5.15. The number of unbranched alkanes of at least 4 members (excludes halogenated alkanes) is 2. The first-order valence-corrected chi connectivity index (χ1v) is 12.4. The second-order valence-electron chi connectivity index (χ2n) is 9.13. The Morgan fingerprint density at radius 2 is 1.84 bits per heavy atom. The number of carbonyl (C=O) groups is 1. The highest BCUT2D eigenvalue weighted by atomic mass is 16.5. The Morgan fingerprint density at radius 3 is 2.59 bits per heavy atom. The number of aryl methyl sites for hydroxylation is 1. The van der Waals surface area contributed by atoms with Crippen LogP contribution in [0.15, 0.2) is 42.5 Å². The Bertz CT molecular complexity index is 659. The van der Waals surface area contributed by atoms with Crippen molar-refractivity contribution in [3.05, 3.63) is 48.0 Å². The van der Waals surface area contributed by atoms with Gasteiger partial charge < -0.3 is 20.1 Å². The van der Waals surface area contributed by atoms with Crippen LogP contribution in [0.5, 0.6) is 0 Å². The maximum atomic E-state index is 11.6. The molecule has 180 valence electrons. The molecular weight excluding hydrogens is 404 g/mol. The van der Waals surface area contributed by atoms with E-state index in [2.05, 4.69) is 31.2 Å². The topological polar surface area (TPSA) is 87.0 Å². The molecule has 3 N–H and O–H groups in total. The van der Waals surface area contributed by atoms with Crippen LogP contribution in [-0.2, 0) is 16.0 Å². The number of aliphatic hydroxyl groups excluding tert-OH is 3. The van der Waals surface area contributed by atoms with Crippen molar-refractivity contribution in [1.29, 1.82) is 0 Å². The van der Waals surface area contributed by atoms with Gasteiger partial charge in [0.25, 0.3) is 0 Å². The Morgan fingerprint density at radius 1 is 1.09 bits per heavy atom. The highest BCUT2D eigenvalue weighted by Crippen LogP contribution is 2.38. The Balaban J connectivity index is 1.67. The SMILES string of the molecule is CCCCOC(=O)CCC/C=C\CC1C(CC[C@@H](O)CCc2ccccc2)[C@H](O)C[C@@H]1O. The summed E-state index contributed by atoms with van der Waals surface area (Å²) in [5.41, 5.74) is 1.22. The van der Waals surface area contributed by atoms with E-state index in [0.717, 1.165) is 38.5 Å². The molecule has 0 amide bonds. The van der Waals surface area contributed by atoms with Crippen molar-refractivity contribution in [1.82, 2.24) is 0 Å². The summed E-state index contributed by atoms with van der Waals surface area (Å²) in [4.78, 5) is 11.6. The second-order valence-corrected chi connectivity index (χ2v) is 9.13. The van der Waals surface area contributed by atoms with Crippen LogP contribution in [0.1, 0.15) is 76.7 Å². The van der Waals surface area contributed by atoms with Crippen LogP contribution in [0.2, 0.25) is 0 Å². The molecule has 2 rings (SSSR count). The molecule has 32 heavy (non-hydrogen) atoms. The van der Waals surface area contributed by atoms with E-state index in [9.17, 15) is 20.1 Å². The number of hydrogen-bond acceptors (Lipinski definition) is 5. The zero-order valence-electron chi connectivity index (χ0n) is 19.6. The zero-order chi connectivity index (χ0) is 23.2. The van der Waals surface area contributed by atoms with E-state index in [1.54, 1.807) is 0 Å². The van der Waals surface area contributed by atoms with Crippen molar-refractivity contribution in [3.8, 4) is 0 Å². The minimum atomic E-state index is -0.511. The third-order valence-corrected chi connectivity index (χ3v) is 6.55. The largest absolute Gasteiger partial charge is 0.466 e.